The van der Waals surface area contributed by atoms with Gasteiger partial charge in [0.15, 0.2) is 5.78 Å². The number of carbonyl (C=O) groups excluding carboxylic acids is 2. The van der Waals surface area contributed by atoms with Gasteiger partial charge in [-0.15, -0.1) is 0 Å². The van der Waals surface area contributed by atoms with E-state index in [4.69, 9.17) is 11.6 Å². The summed E-state index contributed by atoms with van der Waals surface area (Å²) in [4.78, 5) is 27.1. The number of amides is 1. The Morgan fingerprint density at radius 3 is 2.16 bits per heavy atom. The van der Waals surface area contributed by atoms with Crippen LogP contribution in [0.15, 0.2) is 24.3 Å². The van der Waals surface area contributed by atoms with Crippen molar-refractivity contribution in [2.45, 2.75) is 13.0 Å². The molecule has 4 nitrogen and oxygen atoms in total. The number of hydrogen-bond donors (Lipinski definition) is 0. The maximum Gasteiger partial charge on any atom is 0.236 e. The second-order valence-corrected chi connectivity index (χ2v) is 5.19. The SMILES string of the molecule is CC(C(=O)c1ccc(Cl)cc1)N(C)CC(=O)N(C)C. The van der Waals surface area contributed by atoms with E-state index < -0.39 is 0 Å². The average molecular weight is 283 g/mol. The lowest BCUT2D eigenvalue weighted by Crippen LogP contribution is -2.42. The first-order valence-corrected chi connectivity index (χ1v) is 6.41. The Morgan fingerprint density at radius 2 is 1.68 bits per heavy atom. The number of hydrogen-bond acceptors (Lipinski definition) is 3. The normalized spacial score (nSPS) is 12.3. The first-order valence-electron chi connectivity index (χ1n) is 6.03. The lowest BCUT2D eigenvalue weighted by Gasteiger charge is -2.24. The molecule has 19 heavy (non-hydrogen) atoms. The van der Waals surface area contributed by atoms with Crippen molar-refractivity contribution >= 4 is 23.3 Å². The van der Waals surface area contributed by atoms with E-state index in [9.17, 15) is 9.59 Å². The van der Waals surface area contributed by atoms with Crippen LogP contribution in [0.3, 0.4) is 0 Å². The van der Waals surface area contributed by atoms with Crippen molar-refractivity contribution in [2.24, 2.45) is 0 Å². The Hall–Kier alpha value is -1.39. The molecule has 1 aromatic rings. The third-order valence-electron chi connectivity index (χ3n) is 3.05. The van der Waals surface area contributed by atoms with Gasteiger partial charge in [0.1, 0.15) is 0 Å². The molecular weight excluding hydrogens is 264 g/mol. The zero-order chi connectivity index (χ0) is 14.6. The van der Waals surface area contributed by atoms with E-state index in [1.54, 1.807) is 57.2 Å². The molecule has 104 valence electrons. The number of ketones is 1. The molecule has 0 spiro atoms. The maximum atomic E-state index is 12.2. The second-order valence-electron chi connectivity index (χ2n) is 4.75. The maximum absolute atomic E-state index is 12.2. The highest BCUT2D eigenvalue weighted by molar-refractivity contribution is 6.30. The van der Waals surface area contributed by atoms with Crippen LogP contribution in [-0.2, 0) is 4.79 Å². The summed E-state index contributed by atoms with van der Waals surface area (Å²) in [5.74, 6) is -0.0519. The standard InChI is InChI=1S/C14H19ClN2O2/c1-10(17(4)9-13(18)16(2)3)14(19)11-5-7-12(15)8-6-11/h5-8,10H,9H2,1-4H3. The molecule has 0 bridgehead atoms. The number of nitrogens with zero attached hydrogens (tertiary/aromatic N) is 2. The van der Waals surface area contributed by atoms with Gasteiger partial charge in [0.25, 0.3) is 0 Å². The largest absolute Gasteiger partial charge is 0.348 e. The van der Waals surface area contributed by atoms with E-state index in [0.717, 1.165) is 0 Å². The van der Waals surface area contributed by atoms with Gasteiger partial charge in [-0.3, -0.25) is 14.5 Å². The summed E-state index contributed by atoms with van der Waals surface area (Å²) in [5, 5.41) is 0.598. The van der Waals surface area contributed by atoms with Crippen LogP contribution in [0.4, 0.5) is 0 Å². The molecule has 0 N–H and O–H groups in total. The zero-order valence-corrected chi connectivity index (χ0v) is 12.4. The summed E-state index contributed by atoms with van der Waals surface area (Å²) in [5.41, 5.74) is 0.598. The minimum absolute atomic E-state index is 0.0225. The molecule has 0 fully saturated rings. The number of rotatable bonds is 5. The summed E-state index contributed by atoms with van der Waals surface area (Å²) >= 11 is 5.79. The molecule has 0 saturated carbocycles. The van der Waals surface area contributed by atoms with Crippen LogP contribution in [0.25, 0.3) is 0 Å². The van der Waals surface area contributed by atoms with Crippen molar-refractivity contribution in [1.29, 1.82) is 0 Å². The molecule has 1 unspecified atom stereocenters. The van der Waals surface area contributed by atoms with E-state index in [0.29, 0.717) is 10.6 Å². The third-order valence-corrected chi connectivity index (χ3v) is 3.30. The Labute approximate surface area is 118 Å². The fourth-order valence-corrected chi connectivity index (χ4v) is 1.67. The Bertz CT molecular complexity index is 457. The number of halogens is 1. The molecule has 1 aromatic carbocycles. The van der Waals surface area contributed by atoms with Crippen LogP contribution in [0.2, 0.25) is 5.02 Å². The van der Waals surface area contributed by atoms with Gasteiger partial charge in [0.05, 0.1) is 12.6 Å². The predicted octanol–water partition coefficient (Wildman–Crippen LogP) is 1.93. The van der Waals surface area contributed by atoms with E-state index in [2.05, 4.69) is 0 Å². The van der Waals surface area contributed by atoms with E-state index in [-0.39, 0.29) is 24.3 Å². The van der Waals surface area contributed by atoms with Gasteiger partial charge >= 0.3 is 0 Å². The molecular formula is C14H19ClN2O2. The lowest BCUT2D eigenvalue weighted by molar-refractivity contribution is -0.129. The Balaban J connectivity index is 2.71. The third kappa shape index (κ3) is 4.33. The molecule has 0 aliphatic heterocycles. The molecule has 1 rings (SSSR count). The van der Waals surface area contributed by atoms with Gasteiger partial charge in [-0.1, -0.05) is 11.6 Å². The van der Waals surface area contributed by atoms with Crippen LogP contribution < -0.4 is 0 Å². The number of carbonyl (C=O) groups is 2. The topological polar surface area (TPSA) is 40.6 Å². The molecule has 1 amide bonds. The summed E-state index contributed by atoms with van der Waals surface area (Å²) in [6.45, 7) is 2.01. The molecule has 5 heteroatoms. The van der Waals surface area contributed by atoms with Gasteiger partial charge < -0.3 is 4.90 Å². The van der Waals surface area contributed by atoms with Crippen molar-refractivity contribution in [3.8, 4) is 0 Å². The molecule has 0 heterocycles. The first kappa shape index (κ1) is 15.7. The fraction of sp³-hybridized carbons (Fsp3) is 0.429. The van der Waals surface area contributed by atoms with Crippen LogP contribution >= 0.6 is 11.6 Å². The highest BCUT2D eigenvalue weighted by Gasteiger charge is 2.21. The highest BCUT2D eigenvalue weighted by atomic mass is 35.5. The minimum Gasteiger partial charge on any atom is -0.348 e. The van der Waals surface area contributed by atoms with Crippen LogP contribution in [0.1, 0.15) is 17.3 Å². The minimum atomic E-state index is -0.356. The lowest BCUT2D eigenvalue weighted by atomic mass is 10.0. The van der Waals surface area contributed by atoms with Crippen molar-refractivity contribution in [1.82, 2.24) is 9.80 Å². The fourth-order valence-electron chi connectivity index (χ4n) is 1.55. The van der Waals surface area contributed by atoms with Crippen LogP contribution in [-0.4, -0.2) is 55.2 Å². The molecule has 0 radical (unpaired) electrons. The van der Waals surface area contributed by atoms with Gasteiger partial charge in [-0.05, 0) is 38.2 Å². The van der Waals surface area contributed by atoms with Crippen molar-refractivity contribution < 1.29 is 9.59 Å². The summed E-state index contributed by atoms with van der Waals surface area (Å²) in [6.07, 6.45) is 0. The van der Waals surface area contributed by atoms with E-state index >= 15 is 0 Å². The summed E-state index contributed by atoms with van der Waals surface area (Å²) < 4.78 is 0. The van der Waals surface area contributed by atoms with E-state index in [1.165, 1.54) is 4.90 Å². The monoisotopic (exact) mass is 282 g/mol. The van der Waals surface area contributed by atoms with Gasteiger partial charge in [0.2, 0.25) is 5.91 Å². The second kappa shape index (κ2) is 6.68. The summed E-state index contributed by atoms with van der Waals surface area (Å²) in [6, 6.07) is 6.41. The number of Topliss-reactive ketones (excluding diaryl/α,β-unsaturated/α-hetero) is 1. The first-order chi connectivity index (χ1) is 8.82. The molecule has 0 aliphatic carbocycles. The van der Waals surface area contributed by atoms with Crippen LogP contribution in [0.5, 0.6) is 0 Å². The van der Waals surface area contributed by atoms with Gasteiger partial charge in [0, 0.05) is 24.7 Å². The highest BCUT2D eigenvalue weighted by Crippen LogP contribution is 2.13. The van der Waals surface area contributed by atoms with Crippen LogP contribution in [0, 0.1) is 0 Å². The molecule has 0 aliphatic rings. The van der Waals surface area contributed by atoms with Gasteiger partial charge in [-0.25, -0.2) is 0 Å². The van der Waals surface area contributed by atoms with Crippen molar-refractivity contribution in [3.63, 3.8) is 0 Å². The van der Waals surface area contributed by atoms with E-state index in [1.807, 2.05) is 0 Å². The molecule has 0 saturated heterocycles. The Morgan fingerprint density at radius 1 is 1.16 bits per heavy atom. The quantitative estimate of drug-likeness (QED) is 0.775. The van der Waals surface area contributed by atoms with Gasteiger partial charge in [-0.2, -0.15) is 0 Å². The van der Waals surface area contributed by atoms with Crippen molar-refractivity contribution in [2.75, 3.05) is 27.7 Å². The Kier molecular flexibility index (Phi) is 5.51. The average Bonchev–Trinajstić information content (AvgIpc) is 2.37. The number of likely N-dealkylation sites (N-methyl/N-ethyl adjacent to an activating group) is 2. The predicted molar refractivity (Wildman–Crippen MR) is 76.6 cm³/mol. The molecule has 1 atom stereocenters. The zero-order valence-electron chi connectivity index (χ0n) is 11.7. The van der Waals surface area contributed by atoms with Crippen molar-refractivity contribution in [3.05, 3.63) is 34.9 Å². The molecule has 0 aromatic heterocycles. The number of benzene rings is 1. The summed E-state index contributed by atoms with van der Waals surface area (Å²) in [7, 11) is 5.16. The smallest absolute Gasteiger partial charge is 0.236 e.